The second-order valence-electron chi connectivity index (χ2n) is 3.89. The van der Waals surface area contributed by atoms with Crippen LogP contribution in [-0.2, 0) is 0 Å². The average Bonchev–Trinajstić information content (AvgIpc) is 2.39. The molecular weight excluding hydrogens is 242 g/mol. The van der Waals surface area contributed by atoms with Crippen molar-refractivity contribution < 1.29 is 0 Å². The van der Waals surface area contributed by atoms with E-state index in [-0.39, 0.29) is 0 Å². The van der Waals surface area contributed by atoms with Crippen molar-refractivity contribution in [1.29, 1.82) is 0 Å². The van der Waals surface area contributed by atoms with Crippen molar-refractivity contribution in [3.05, 3.63) is 36.2 Å². The highest BCUT2D eigenvalue weighted by atomic mass is 32.2. The third kappa shape index (κ3) is 3.01. The van der Waals surface area contributed by atoms with Gasteiger partial charge in [0.15, 0.2) is 0 Å². The summed E-state index contributed by atoms with van der Waals surface area (Å²) in [6.45, 7) is 4.07. The van der Waals surface area contributed by atoms with Crippen LogP contribution in [0.3, 0.4) is 0 Å². The minimum atomic E-state index is 0.781. The quantitative estimate of drug-likeness (QED) is 0.851. The van der Waals surface area contributed by atoms with Crippen molar-refractivity contribution in [3.63, 3.8) is 0 Å². The van der Waals surface area contributed by atoms with Crippen LogP contribution in [-0.4, -0.2) is 22.8 Å². The molecular formula is C14H17N3S. The van der Waals surface area contributed by atoms with Gasteiger partial charge >= 0.3 is 0 Å². The molecule has 0 saturated heterocycles. The van der Waals surface area contributed by atoms with Gasteiger partial charge in [-0.1, -0.05) is 19.1 Å². The number of anilines is 1. The molecule has 1 aromatic carbocycles. The van der Waals surface area contributed by atoms with Crippen LogP contribution in [0.15, 0.2) is 35.2 Å². The van der Waals surface area contributed by atoms with Crippen LogP contribution < -0.4 is 5.32 Å². The summed E-state index contributed by atoms with van der Waals surface area (Å²) in [6, 6.07) is 10.5. The molecule has 0 unspecified atom stereocenters. The molecule has 94 valence electrons. The topological polar surface area (TPSA) is 37.8 Å². The first kappa shape index (κ1) is 12.9. The van der Waals surface area contributed by atoms with Gasteiger partial charge < -0.3 is 5.32 Å². The average molecular weight is 259 g/mol. The van der Waals surface area contributed by atoms with Gasteiger partial charge in [0.1, 0.15) is 11.6 Å². The summed E-state index contributed by atoms with van der Waals surface area (Å²) in [4.78, 5) is 10.1. The van der Waals surface area contributed by atoms with Crippen molar-refractivity contribution >= 4 is 17.6 Å². The largest absolute Gasteiger partial charge is 0.373 e. The standard InChI is InChI=1S/C14H17N3S/c1-4-18-12-7-5-11(6-8-12)13-9-14(15-3)17-10(2)16-13/h5-9H,4H2,1-3H3,(H,15,16,17). The summed E-state index contributed by atoms with van der Waals surface area (Å²) in [5.41, 5.74) is 2.08. The van der Waals surface area contributed by atoms with Gasteiger partial charge in [-0.2, -0.15) is 0 Å². The van der Waals surface area contributed by atoms with Crippen molar-refractivity contribution in [2.24, 2.45) is 0 Å². The van der Waals surface area contributed by atoms with Gasteiger partial charge in [0.25, 0.3) is 0 Å². The third-order valence-corrected chi connectivity index (χ3v) is 3.45. The van der Waals surface area contributed by atoms with E-state index in [1.165, 1.54) is 4.90 Å². The number of thioether (sulfide) groups is 1. The number of nitrogens with one attached hydrogen (secondary N) is 1. The minimum Gasteiger partial charge on any atom is -0.373 e. The first-order valence-corrected chi connectivity index (χ1v) is 6.98. The van der Waals surface area contributed by atoms with E-state index in [1.807, 2.05) is 31.8 Å². The zero-order valence-electron chi connectivity index (χ0n) is 10.9. The van der Waals surface area contributed by atoms with Crippen LogP contribution in [0.25, 0.3) is 11.3 Å². The zero-order chi connectivity index (χ0) is 13.0. The molecule has 0 amide bonds. The number of hydrogen-bond acceptors (Lipinski definition) is 4. The van der Waals surface area contributed by atoms with Crippen LogP contribution in [0.2, 0.25) is 0 Å². The van der Waals surface area contributed by atoms with Crippen LogP contribution in [0.5, 0.6) is 0 Å². The van der Waals surface area contributed by atoms with Crippen LogP contribution in [0, 0.1) is 6.92 Å². The number of aromatic nitrogens is 2. The van der Waals surface area contributed by atoms with Gasteiger partial charge in [-0.05, 0) is 24.8 Å². The Morgan fingerprint density at radius 1 is 1.17 bits per heavy atom. The highest BCUT2D eigenvalue weighted by Gasteiger charge is 2.03. The maximum absolute atomic E-state index is 4.47. The Bertz CT molecular complexity index is 523. The maximum Gasteiger partial charge on any atom is 0.130 e. The molecule has 2 rings (SSSR count). The van der Waals surface area contributed by atoms with E-state index in [4.69, 9.17) is 0 Å². The highest BCUT2D eigenvalue weighted by Crippen LogP contribution is 2.24. The highest BCUT2D eigenvalue weighted by molar-refractivity contribution is 7.99. The van der Waals surface area contributed by atoms with Crippen molar-refractivity contribution in [2.45, 2.75) is 18.7 Å². The summed E-state index contributed by atoms with van der Waals surface area (Å²) >= 11 is 1.84. The fourth-order valence-corrected chi connectivity index (χ4v) is 2.39. The third-order valence-electron chi connectivity index (χ3n) is 2.56. The molecule has 2 aromatic rings. The fraction of sp³-hybridized carbons (Fsp3) is 0.286. The maximum atomic E-state index is 4.47. The molecule has 0 fully saturated rings. The predicted molar refractivity (Wildman–Crippen MR) is 78.1 cm³/mol. The fourth-order valence-electron chi connectivity index (χ4n) is 1.73. The second kappa shape index (κ2) is 5.87. The van der Waals surface area contributed by atoms with E-state index >= 15 is 0 Å². The second-order valence-corrected chi connectivity index (χ2v) is 5.23. The van der Waals surface area contributed by atoms with Gasteiger partial charge in [-0.3, -0.25) is 0 Å². The Morgan fingerprint density at radius 3 is 2.50 bits per heavy atom. The normalized spacial score (nSPS) is 10.4. The zero-order valence-corrected chi connectivity index (χ0v) is 11.7. The summed E-state index contributed by atoms with van der Waals surface area (Å²) in [5, 5.41) is 3.05. The molecule has 0 bridgehead atoms. The van der Waals surface area contributed by atoms with Crippen LogP contribution in [0.4, 0.5) is 5.82 Å². The SMILES string of the molecule is CCSc1ccc(-c2cc(NC)nc(C)n2)cc1. The Morgan fingerprint density at radius 2 is 1.89 bits per heavy atom. The first-order chi connectivity index (χ1) is 8.72. The van der Waals surface area contributed by atoms with E-state index in [0.29, 0.717) is 0 Å². The van der Waals surface area contributed by atoms with Gasteiger partial charge in [0, 0.05) is 23.6 Å². The number of hydrogen-bond donors (Lipinski definition) is 1. The molecule has 4 heteroatoms. The summed E-state index contributed by atoms with van der Waals surface area (Å²) in [6.07, 6.45) is 0. The molecule has 1 heterocycles. The number of nitrogens with zero attached hydrogens (tertiary/aromatic N) is 2. The molecule has 0 atom stereocenters. The van der Waals surface area contributed by atoms with Crippen LogP contribution >= 0.6 is 11.8 Å². The molecule has 0 aliphatic carbocycles. The lowest BCUT2D eigenvalue weighted by Crippen LogP contribution is -1.98. The van der Waals surface area contributed by atoms with Crippen LogP contribution in [0.1, 0.15) is 12.7 Å². The first-order valence-electron chi connectivity index (χ1n) is 5.99. The Balaban J connectivity index is 2.33. The molecule has 3 nitrogen and oxygen atoms in total. The minimum absolute atomic E-state index is 0.781. The monoisotopic (exact) mass is 259 g/mol. The molecule has 1 N–H and O–H groups in total. The Kier molecular flexibility index (Phi) is 4.20. The molecule has 0 saturated carbocycles. The molecule has 0 aliphatic rings. The van der Waals surface area contributed by atoms with Crippen molar-refractivity contribution in [1.82, 2.24) is 9.97 Å². The molecule has 1 aromatic heterocycles. The smallest absolute Gasteiger partial charge is 0.130 e. The lowest BCUT2D eigenvalue weighted by molar-refractivity contribution is 1.06. The van der Waals surface area contributed by atoms with Gasteiger partial charge in [0.2, 0.25) is 0 Å². The Hall–Kier alpha value is -1.55. The predicted octanol–water partition coefficient (Wildman–Crippen LogP) is 3.61. The molecule has 0 radical (unpaired) electrons. The lowest BCUT2D eigenvalue weighted by atomic mass is 10.1. The molecule has 0 spiro atoms. The van der Waals surface area contributed by atoms with Gasteiger partial charge in [-0.15, -0.1) is 11.8 Å². The molecule has 18 heavy (non-hydrogen) atoms. The van der Waals surface area contributed by atoms with Crippen molar-refractivity contribution in [3.8, 4) is 11.3 Å². The van der Waals surface area contributed by atoms with E-state index in [2.05, 4.69) is 46.5 Å². The summed E-state index contributed by atoms with van der Waals surface area (Å²) in [5.74, 6) is 2.73. The van der Waals surface area contributed by atoms with Gasteiger partial charge in [-0.25, -0.2) is 9.97 Å². The number of aryl methyl sites for hydroxylation is 1. The number of rotatable bonds is 4. The van der Waals surface area contributed by atoms with Gasteiger partial charge in [0.05, 0.1) is 5.69 Å². The van der Waals surface area contributed by atoms with E-state index in [0.717, 1.165) is 28.7 Å². The number of benzene rings is 1. The van der Waals surface area contributed by atoms with E-state index in [9.17, 15) is 0 Å². The van der Waals surface area contributed by atoms with Crippen molar-refractivity contribution in [2.75, 3.05) is 18.1 Å². The van der Waals surface area contributed by atoms with E-state index in [1.54, 1.807) is 0 Å². The molecule has 0 aliphatic heterocycles. The Labute approximate surface area is 112 Å². The summed E-state index contributed by atoms with van der Waals surface area (Å²) < 4.78 is 0. The lowest BCUT2D eigenvalue weighted by Gasteiger charge is -2.06. The summed E-state index contributed by atoms with van der Waals surface area (Å²) in [7, 11) is 1.87. The van der Waals surface area contributed by atoms with E-state index < -0.39 is 0 Å².